The molecule has 0 unspecified atom stereocenters. The number of hydrogen-bond acceptors (Lipinski definition) is 6. The highest BCUT2D eigenvalue weighted by molar-refractivity contribution is 6.65. The van der Waals surface area contributed by atoms with Gasteiger partial charge in [-0.25, -0.2) is 4.79 Å². The molecule has 0 aromatic carbocycles. The first-order valence-corrected chi connectivity index (χ1v) is 10.1. The van der Waals surface area contributed by atoms with E-state index in [2.05, 4.69) is 6.58 Å². The second-order valence-electron chi connectivity index (χ2n) is 5.14. The summed E-state index contributed by atoms with van der Waals surface area (Å²) in [6, 6.07) is 0.814. The van der Waals surface area contributed by atoms with Crippen LogP contribution in [-0.2, 0) is 27.9 Å². The molecule has 0 spiro atoms. The Morgan fingerprint density at radius 2 is 1.45 bits per heavy atom. The Hall–Kier alpha value is -0.733. The van der Waals surface area contributed by atoms with Crippen LogP contribution in [0.4, 0.5) is 0 Å². The summed E-state index contributed by atoms with van der Waals surface area (Å²) >= 11 is 0. The summed E-state index contributed by atoms with van der Waals surface area (Å²) in [6.07, 6.45) is 1.52. The Balaban J connectivity index is 3.31. The third-order valence-electron chi connectivity index (χ3n) is 3.16. The summed E-state index contributed by atoms with van der Waals surface area (Å²) in [4.78, 5) is 11.1. The quantitative estimate of drug-likeness (QED) is 0.210. The van der Waals surface area contributed by atoms with Crippen LogP contribution in [0.3, 0.4) is 0 Å². The zero-order chi connectivity index (χ0) is 16.8. The summed E-state index contributed by atoms with van der Waals surface area (Å²) in [6.45, 7) is 10.0. The van der Waals surface area contributed by atoms with E-state index in [-0.39, 0.29) is 5.97 Å². The number of carbonyl (C=O) groups is 1. The molecule has 130 valence electrons. The highest BCUT2D eigenvalue weighted by atomic mass is 28.4. The zero-order valence-corrected chi connectivity index (χ0v) is 15.3. The van der Waals surface area contributed by atoms with Gasteiger partial charge < -0.3 is 23.1 Å². The van der Waals surface area contributed by atoms with Gasteiger partial charge in [0.1, 0.15) is 0 Å². The van der Waals surface area contributed by atoms with Gasteiger partial charge in [-0.1, -0.05) is 6.58 Å². The third kappa shape index (κ3) is 10.9. The maximum Gasteiger partial charge on any atom is 0.336 e. The van der Waals surface area contributed by atoms with E-state index in [1.807, 2.05) is 6.55 Å². The molecule has 0 aliphatic heterocycles. The molecule has 22 heavy (non-hydrogen) atoms. The number of hydrogen-bond donors (Lipinski definition) is 0. The van der Waals surface area contributed by atoms with Crippen LogP contribution in [-0.4, -0.2) is 61.8 Å². The van der Waals surface area contributed by atoms with Crippen LogP contribution in [0.1, 0.15) is 19.8 Å². The van der Waals surface area contributed by atoms with Crippen molar-refractivity contribution in [2.75, 3.05) is 47.3 Å². The van der Waals surface area contributed by atoms with Gasteiger partial charge in [-0.2, -0.15) is 0 Å². The Bertz CT molecular complexity index is 317. The summed E-state index contributed by atoms with van der Waals surface area (Å²) in [5, 5.41) is 0. The van der Waals surface area contributed by atoms with E-state index in [9.17, 15) is 4.79 Å². The molecule has 6 nitrogen and oxygen atoms in total. The van der Waals surface area contributed by atoms with Crippen LogP contribution in [0.5, 0.6) is 0 Å². The molecular formula is C15H30O6Si. The topological polar surface area (TPSA) is 63.2 Å². The van der Waals surface area contributed by atoms with E-state index in [0.717, 1.165) is 12.5 Å². The molecular weight excluding hydrogens is 304 g/mol. The second kappa shape index (κ2) is 12.8. The third-order valence-corrected chi connectivity index (χ3v) is 6.00. The van der Waals surface area contributed by atoms with Crippen molar-refractivity contribution >= 4 is 14.5 Å². The van der Waals surface area contributed by atoms with Gasteiger partial charge in [-0.3, -0.25) is 0 Å². The Morgan fingerprint density at radius 3 is 1.95 bits per heavy atom. The molecule has 0 fully saturated rings. The van der Waals surface area contributed by atoms with Crippen molar-refractivity contribution in [3.05, 3.63) is 12.2 Å². The van der Waals surface area contributed by atoms with Crippen molar-refractivity contribution in [3.8, 4) is 0 Å². The Labute approximate surface area is 135 Å². The Morgan fingerprint density at radius 1 is 0.955 bits per heavy atom. The van der Waals surface area contributed by atoms with E-state index < -0.39 is 8.56 Å². The van der Waals surface area contributed by atoms with Gasteiger partial charge >= 0.3 is 14.5 Å². The van der Waals surface area contributed by atoms with Gasteiger partial charge in [0.15, 0.2) is 0 Å². The Kier molecular flexibility index (Phi) is 12.3. The fourth-order valence-corrected chi connectivity index (χ4v) is 2.55. The first-order chi connectivity index (χ1) is 10.4. The molecule has 0 N–H and O–H groups in total. The predicted molar refractivity (Wildman–Crippen MR) is 87.1 cm³/mol. The minimum Gasteiger partial charge on any atom is -0.462 e. The molecule has 0 rings (SSSR count). The average molecular weight is 334 g/mol. The molecule has 7 heteroatoms. The highest BCUT2D eigenvalue weighted by Gasteiger charge is 2.27. The van der Waals surface area contributed by atoms with Crippen LogP contribution in [0.25, 0.3) is 0 Å². The lowest BCUT2D eigenvalue weighted by molar-refractivity contribution is -0.139. The van der Waals surface area contributed by atoms with Crippen molar-refractivity contribution in [1.82, 2.24) is 0 Å². The SMILES string of the molecule is C=C(C)C(=O)OCCCOCCCOCC[Si](C)(OC)OC. The molecule has 0 saturated heterocycles. The van der Waals surface area contributed by atoms with Gasteiger partial charge in [0, 0.05) is 58.7 Å². The van der Waals surface area contributed by atoms with E-state index in [0.29, 0.717) is 45.0 Å². The first kappa shape index (κ1) is 21.3. The number of rotatable bonds is 14. The van der Waals surface area contributed by atoms with Crippen LogP contribution in [0, 0.1) is 0 Å². The van der Waals surface area contributed by atoms with Gasteiger partial charge in [0.2, 0.25) is 0 Å². The summed E-state index contributed by atoms with van der Waals surface area (Å²) in [5.74, 6) is -0.351. The smallest absolute Gasteiger partial charge is 0.336 e. The van der Waals surface area contributed by atoms with E-state index >= 15 is 0 Å². The maximum atomic E-state index is 11.1. The van der Waals surface area contributed by atoms with Gasteiger partial charge in [0.05, 0.1) is 6.61 Å². The van der Waals surface area contributed by atoms with Gasteiger partial charge in [-0.15, -0.1) is 0 Å². The van der Waals surface area contributed by atoms with E-state index in [1.54, 1.807) is 21.1 Å². The zero-order valence-electron chi connectivity index (χ0n) is 14.3. The lowest BCUT2D eigenvalue weighted by Crippen LogP contribution is -2.37. The molecule has 0 bridgehead atoms. The van der Waals surface area contributed by atoms with Crippen molar-refractivity contribution < 1.29 is 27.9 Å². The lowest BCUT2D eigenvalue weighted by Gasteiger charge is -2.22. The summed E-state index contributed by atoms with van der Waals surface area (Å²) in [5.41, 5.74) is 0.416. The molecule has 0 amide bonds. The predicted octanol–water partition coefficient (Wildman–Crippen LogP) is 2.28. The number of carbonyl (C=O) groups excluding carboxylic acids is 1. The van der Waals surface area contributed by atoms with E-state index in [1.165, 1.54) is 0 Å². The number of esters is 1. The second-order valence-corrected chi connectivity index (χ2v) is 8.72. The highest BCUT2D eigenvalue weighted by Crippen LogP contribution is 2.10. The molecule has 0 atom stereocenters. The minimum absolute atomic E-state index is 0.351. The lowest BCUT2D eigenvalue weighted by atomic mass is 10.4. The van der Waals surface area contributed by atoms with Crippen LogP contribution in [0.2, 0.25) is 12.6 Å². The fraction of sp³-hybridized carbons (Fsp3) is 0.800. The molecule has 0 heterocycles. The summed E-state index contributed by atoms with van der Waals surface area (Å²) in [7, 11) is 1.35. The fourth-order valence-electron chi connectivity index (χ4n) is 1.46. The normalized spacial score (nSPS) is 11.5. The van der Waals surface area contributed by atoms with Crippen LogP contribution >= 0.6 is 0 Å². The molecule has 0 aliphatic carbocycles. The van der Waals surface area contributed by atoms with Gasteiger partial charge in [-0.05, 0) is 19.9 Å². The molecule has 0 aromatic heterocycles. The first-order valence-electron chi connectivity index (χ1n) is 7.53. The molecule has 0 saturated carbocycles. The summed E-state index contributed by atoms with van der Waals surface area (Å²) < 4.78 is 26.7. The molecule has 0 aromatic rings. The maximum absolute atomic E-state index is 11.1. The van der Waals surface area contributed by atoms with Crippen LogP contribution in [0.15, 0.2) is 12.2 Å². The molecule has 0 aliphatic rings. The standard InChI is InChI=1S/C15H30O6Si/c1-14(2)15(16)21-11-7-10-19-8-6-9-20-12-13-22(5,17-3)18-4/h1,6-13H2,2-5H3. The largest absolute Gasteiger partial charge is 0.462 e. The van der Waals surface area contributed by atoms with Crippen molar-refractivity contribution in [1.29, 1.82) is 0 Å². The van der Waals surface area contributed by atoms with Crippen molar-refractivity contribution in [2.45, 2.75) is 32.4 Å². The monoisotopic (exact) mass is 334 g/mol. The van der Waals surface area contributed by atoms with Crippen LogP contribution < -0.4 is 0 Å². The minimum atomic E-state index is -2.01. The van der Waals surface area contributed by atoms with Crippen molar-refractivity contribution in [2.24, 2.45) is 0 Å². The van der Waals surface area contributed by atoms with Gasteiger partial charge in [0.25, 0.3) is 0 Å². The average Bonchev–Trinajstić information content (AvgIpc) is 2.51. The molecule has 0 radical (unpaired) electrons. The number of ether oxygens (including phenoxy) is 3. The van der Waals surface area contributed by atoms with E-state index in [4.69, 9.17) is 23.1 Å². The van der Waals surface area contributed by atoms with Crippen molar-refractivity contribution in [3.63, 3.8) is 0 Å².